The number of rotatable bonds is 16. The van der Waals surface area contributed by atoms with Gasteiger partial charge in [-0.25, -0.2) is 0 Å². The predicted octanol–water partition coefficient (Wildman–Crippen LogP) is 5.30. The minimum absolute atomic E-state index is 0.403. The van der Waals surface area contributed by atoms with Crippen molar-refractivity contribution in [1.29, 1.82) is 0 Å². The zero-order valence-electron chi connectivity index (χ0n) is 17.4. The monoisotopic (exact) mass is 396 g/mol. The van der Waals surface area contributed by atoms with Gasteiger partial charge in [0.25, 0.3) is 0 Å². The van der Waals surface area contributed by atoms with E-state index < -0.39 is 0 Å². The van der Waals surface area contributed by atoms with Crippen molar-refractivity contribution in [3.8, 4) is 11.5 Å². The van der Waals surface area contributed by atoms with E-state index in [1.54, 1.807) is 13.2 Å². The highest BCUT2D eigenvalue weighted by molar-refractivity contribution is 6.32. The van der Waals surface area contributed by atoms with Gasteiger partial charge in [0.05, 0.1) is 12.1 Å². The molecule has 1 aromatic rings. The van der Waals surface area contributed by atoms with Crippen molar-refractivity contribution in [3.63, 3.8) is 0 Å². The van der Waals surface area contributed by atoms with E-state index in [1.807, 2.05) is 12.1 Å². The first-order chi connectivity index (χ1) is 13.2. The van der Waals surface area contributed by atoms with Gasteiger partial charge in [-0.3, -0.25) is 0 Å². The third-order valence-electron chi connectivity index (χ3n) is 4.45. The second-order valence-corrected chi connectivity index (χ2v) is 7.19. The van der Waals surface area contributed by atoms with Crippen molar-refractivity contribution in [2.45, 2.75) is 52.5 Å². The molecule has 0 aliphatic heterocycles. The van der Waals surface area contributed by atoms with Gasteiger partial charge >= 0.3 is 0 Å². The van der Waals surface area contributed by atoms with Gasteiger partial charge in [0.2, 0.25) is 0 Å². The van der Waals surface area contributed by atoms with Gasteiger partial charge in [-0.2, -0.15) is 0 Å². The summed E-state index contributed by atoms with van der Waals surface area (Å²) < 4.78 is 11.0. The van der Waals surface area contributed by atoms with Crippen molar-refractivity contribution in [2.24, 2.45) is 0 Å². The molecule has 0 aliphatic carbocycles. The topological polar surface area (TPSA) is 33.7 Å². The quantitative estimate of drug-likeness (QED) is 0.304. The van der Waals surface area contributed by atoms with Crippen LogP contribution in [-0.2, 0) is 6.54 Å². The van der Waals surface area contributed by atoms with Gasteiger partial charge in [0, 0.05) is 6.54 Å². The molecule has 5 heteroatoms. The molecule has 0 aromatic heterocycles. The van der Waals surface area contributed by atoms with Crippen molar-refractivity contribution in [2.75, 3.05) is 39.9 Å². The average molecular weight is 397 g/mol. The summed E-state index contributed by atoms with van der Waals surface area (Å²) in [7, 11) is 1.63. The van der Waals surface area contributed by atoms with Crippen molar-refractivity contribution in [1.82, 2.24) is 10.2 Å². The molecule has 0 fully saturated rings. The van der Waals surface area contributed by atoms with Crippen LogP contribution in [-0.4, -0.2) is 44.8 Å². The van der Waals surface area contributed by atoms with E-state index in [2.05, 4.69) is 30.6 Å². The molecule has 0 radical (unpaired) electrons. The summed E-state index contributed by atoms with van der Waals surface area (Å²) in [4.78, 5) is 2.60. The van der Waals surface area contributed by atoms with Gasteiger partial charge in [0.15, 0.2) is 11.5 Å². The van der Waals surface area contributed by atoms with E-state index in [1.165, 1.54) is 38.8 Å². The van der Waals surface area contributed by atoms with Crippen LogP contribution in [0.2, 0.25) is 5.02 Å². The lowest BCUT2D eigenvalue weighted by Crippen LogP contribution is -2.29. The van der Waals surface area contributed by atoms with Gasteiger partial charge in [-0.05, 0) is 63.1 Å². The Morgan fingerprint density at radius 2 is 1.78 bits per heavy atom. The number of hydrogen-bond acceptors (Lipinski definition) is 4. The molecule has 0 heterocycles. The fourth-order valence-electron chi connectivity index (χ4n) is 2.92. The van der Waals surface area contributed by atoms with Gasteiger partial charge < -0.3 is 19.7 Å². The van der Waals surface area contributed by atoms with Crippen molar-refractivity contribution < 1.29 is 9.47 Å². The standard InChI is InChI=1S/C22H37ClN2O2/c1-5-8-12-25(13-9-6-2)14-10-11-24-18-19-16-20(23)22(27-15-7-3)21(17-19)26-4/h7,16-17,24H,3,5-6,8-15,18H2,1-2,4H3. The Hall–Kier alpha value is -1.23. The Labute approximate surface area is 170 Å². The second-order valence-electron chi connectivity index (χ2n) is 6.79. The van der Waals surface area contributed by atoms with Crippen molar-refractivity contribution >= 4 is 11.6 Å². The summed E-state index contributed by atoms with van der Waals surface area (Å²) in [5, 5.41) is 4.08. The van der Waals surface area contributed by atoms with Crippen LogP contribution >= 0.6 is 11.6 Å². The maximum atomic E-state index is 6.35. The number of halogens is 1. The number of unbranched alkanes of at least 4 members (excludes halogenated alkanes) is 2. The largest absolute Gasteiger partial charge is 0.493 e. The second kappa shape index (κ2) is 14.8. The van der Waals surface area contributed by atoms with E-state index in [4.69, 9.17) is 21.1 Å². The lowest BCUT2D eigenvalue weighted by Gasteiger charge is -2.22. The molecule has 4 nitrogen and oxygen atoms in total. The summed E-state index contributed by atoms with van der Waals surface area (Å²) >= 11 is 6.35. The van der Waals surface area contributed by atoms with E-state index in [9.17, 15) is 0 Å². The minimum Gasteiger partial charge on any atom is -0.493 e. The lowest BCUT2D eigenvalue weighted by atomic mass is 10.2. The highest BCUT2D eigenvalue weighted by Crippen LogP contribution is 2.36. The molecule has 27 heavy (non-hydrogen) atoms. The summed E-state index contributed by atoms with van der Waals surface area (Å²) in [6.45, 7) is 13.9. The molecule has 0 saturated carbocycles. The highest BCUT2D eigenvalue weighted by Gasteiger charge is 2.11. The van der Waals surface area contributed by atoms with Gasteiger partial charge in [-0.15, -0.1) is 0 Å². The normalized spacial score (nSPS) is 11.0. The Kier molecular flexibility index (Phi) is 13.0. The number of benzene rings is 1. The molecular formula is C22H37ClN2O2. The highest BCUT2D eigenvalue weighted by atomic mass is 35.5. The van der Waals surface area contributed by atoms with Crippen LogP contribution in [0.4, 0.5) is 0 Å². The third-order valence-corrected chi connectivity index (χ3v) is 4.73. The molecule has 0 amide bonds. The van der Waals surface area contributed by atoms with Crippen molar-refractivity contribution in [3.05, 3.63) is 35.4 Å². The predicted molar refractivity (Wildman–Crippen MR) is 116 cm³/mol. The van der Waals surface area contributed by atoms with Gasteiger partial charge in [0.1, 0.15) is 6.61 Å². The maximum absolute atomic E-state index is 6.35. The SMILES string of the molecule is C=CCOc1c(Cl)cc(CNCCCN(CCCC)CCCC)cc1OC. The van der Waals surface area contributed by atoms with E-state index in [0.29, 0.717) is 23.1 Å². The Bertz CT molecular complexity index is 529. The molecule has 1 aromatic carbocycles. The zero-order chi connectivity index (χ0) is 19.9. The van der Waals surface area contributed by atoms with Crippen LogP contribution in [0, 0.1) is 0 Å². The number of nitrogens with one attached hydrogen (secondary N) is 1. The molecule has 154 valence electrons. The van der Waals surface area contributed by atoms with Crippen LogP contribution in [0.25, 0.3) is 0 Å². The smallest absolute Gasteiger partial charge is 0.180 e. The molecule has 1 rings (SSSR count). The first kappa shape index (κ1) is 23.8. The summed E-state index contributed by atoms with van der Waals surface area (Å²) in [5.74, 6) is 1.23. The summed E-state index contributed by atoms with van der Waals surface area (Å²) in [5.41, 5.74) is 1.09. The molecule has 0 spiro atoms. The molecule has 0 saturated heterocycles. The van der Waals surface area contributed by atoms with Crippen LogP contribution in [0.5, 0.6) is 11.5 Å². The Morgan fingerprint density at radius 1 is 1.11 bits per heavy atom. The molecule has 1 N–H and O–H groups in total. The fraction of sp³-hybridized carbons (Fsp3) is 0.636. The Balaban J connectivity index is 2.44. The summed E-state index contributed by atoms with van der Waals surface area (Å²) in [6, 6.07) is 3.91. The Morgan fingerprint density at radius 3 is 2.37 bits per heavy atom. The van der Waals surface area contributed by atoms with E-state index >= 15 is 0 Å². The fourth-order valence-corrected chi connectivity index (χ4v) is 3.20. The van der Waals surface area contributed by atoms with Crippen LogP contribution in [0.15, 0.2) is 24.8 Å². The third kappa shape index (κ3) is 9.50. The van der Waals surface area contributed by atoms with E-state index in [0.717, 1.165) is 31.6 Å². The number of hydrogen-bond donors (Lipinski definition) is 1. The number of nitrogens with zero attached hydrogens (tertiary/aromatic N) is 1. The first-order valence-electron chi connectivity index (χ1n) is 10.2. The number of methoxy groups -OCH3 is 1. The molecule has 0 bridgehead atoms. The maximum Gasteiger partial charge on any atom is 0.180 e. The zero-order valence-corrected chi connectivity index (χ0v) is 18.1. The lowest BCUT2D eigenvalue weighted by molar-refractivity contribution is 0.261. The average Bonchev–Trinajstić information content (AvgIpc) is 2.67. The molecule has 0 aliphatic rings. The number of ether oxygens (including phenoxy) is 2. The van der Waals surface area contributed by atoms with E-state index in [-0.39, 0.29) is 0 Å². The first-order valence-corrected chi connectivity index (χ1v) is 10.6. The summed E-state index contributed by atoms with van der Waals surface area (Å²) in [6.07, 6.45) is 7.94. The van der Waals surface area contributed by atoms with Gasteiger partial charge in [-0.1, -0.05) is 50.9 Å². The van der Waals surface area contributed by atoms with Crippen LogP contribution in [0.1, 0.15) is 51.5 Å². The molecule has 0 unspecified atom stereocenters. The van der Waals surface area contributed by atoms with Crippen LogP contribution < -0.4 is 14.8 Å². The minimum atomic E-state index is 0.403. The van der Waals surface area contributed by atoms with Crippen LogP contribution in [0.3, 0.4) is 0 Å². The molecular weight excluding hydrogens is 360 g/mol. The molecule has 0 atom stereocenters.